The molecule has 0 spiro atoms. The molecule has 1 saturated carbocycles. The Morgan fingerprint density at radius 3 is 2.67 bits per heavy atom. The Morgan fingerprint density at radius 1 is 1.58 bits per heavy atom. The SMILES string of the molecule is CC(C)(O)c1cc(C2CC2)[nH]n1. The fraction of sp³-hybridized carbons (Fsp3) is 0.667. The van der Waals surface area contributed by atoms with E-state index < -0.39 is 5.60 Å². The third kappa shape index (κ3) is 1.37. The molecule has 3 nitrogen and oxygen atoms in total. The van der Waals surface area contributed by atoms with Crippen molar-refractivity contribution in [2.75, 3.05) is 0 Å². The summed E-state index contributed by atoms with van der Waals surface area (Å²) in [6, 6.07) is 1.97. The van der Waals surface area contributed by atoms with E-state index in [2.05, 4.69) is 10.2 Å². The van der Waals surface area contributed by atoms with Gasteiger partial charge in [0.15, 0.2) is 0 Å². The van der Waals surface area contributed by atoms with Crippen molar-refractivity contribution in [2.24, 2.45) is 0 Å². The van der Waals surface area contributed by atoms with Crippen LogP contribution in [0.1, 0.15) is 44.0 Å². The Bertz CT molecular complexity index is 281. The third-order valence-corrected chi connectivity index (χ3v) is 2.24. The Balaban J connectivity index is 2.23. The fourth-order valence-corrected chi connectivity index (χ4v) is 1.25. The zero-order valence-corrected chi connectivity index (χ0v) is 7.46. The van der Waals surface area contributed by atoms with Gasteiger partial charge in [0.1, 0.15) is 5.60 Å². The van der Waals surface area contributed by atoms with Crippen LogP contribution < -0.4 is 0 Å². The molecule has 1 fully saturated rings. The van der Waals surface area contributed by atoms with Crippen LogP contribution in [0.25, 0.3) is 0 Å². The molecule has 0 unspecified atom stereocenters. The Labute approximate surface area is 71.8 Å². The number of aliphatic hydroxyl groups is 1. The Morgan fingerprint density at radius 2 is 2.25 bits per heavy atom. The highest BCUT2D eigenvalue weighted by Gasteiger charge is 2.28. The van der Waals surface area contributed by atoms with E-state index in [0.717, 1.165) is 5.69 Å². The largest absolute Gasteiger partial charge is 0.384 e. The van der Waals surface area contributed by atoms with E-state index in [1.165, 1.54) is 18.5 Å². The topological polar surface area (TPSA) is 48.9 Å². The number of nitrogens with one attached hydrogen (secondary N) is 1. The molecule has 1 aliphatic rings. The molecule has 0 aromatic carbocycles. The van der Waals surface area contributed by atoms with E-state index in [0.29, 0.717) is 5.92 Å². The van der Waals surface area contributed by atoms with E-state index in [1.54, 1.807) is 13.8 Å². The van der Waals surface area contributed by atoms with Gasteiger partial charge in [0.2, 0.25) is 0 Å². The lowest BCUT2D eigenvalue weighted by Crippen LogP contribution is -2.15. The minimum absolute atomic E-state index is 0.675. The Hall–Kier alpha value is -0.830. The molecule has 0 saturated heterocycles. The van der Waals surface area contributed by atoms with Crippen molar-refractivity contribution in [2.45, 2.75) is 38.2 Å². The van der Waals surface area contributed by atoms with E-state index >= 15 is 0 Å². The molecule has 0 bridgehead atoms. The number of hydrogen-bond donors (Lipinski definition) is 2. The molecule has 1 aromatic heterocycles. The van der Waals surface area contributed by atoms with Crippen molar-refractivity contribution >= 4 is 0 Å². The summed E-state index contributed by atoms with van der Waals surface area (Å²) in [7, 11) is 0. The maximum atomic E-state index is 9.62. The van der Waals surface area contributed by atoms with Crippen LogP contribution in [0.3, 0.4) is 0 Å². The first kappa shape index (κ1) is 7.80. The average Bonchev–Trinajstić information content (AvgIpc) is 2.66. The molecule has 1 heterocycles. The summed E-state index contributed by atoms with van der Waals surface area (Å²) in [4.78, 5) is 0. The molecule has 0 amide bonds. The lowest BCUT2D eigenvalue weighted by Gasteiger charge is -2.12. The highest BCUT2D eigenvalue weighted by molar-refractivity contribution is 5.20. The minimum Gasteiger partial charge on any atom is -0.384 e. The molecule has 1 aromatic rings. The van der Waals surface area contributed by atoms with Gasteiger partial charge in [-0.05, 0) is 32.8 Å². The second kappa shape index (κ2) is 2.33. The standard InChI is InChI=1S/C9H14N2O/c1-9(2,12)8-5-7(10-11-8)6-3-4-6/h5-6,12H,3-4H2,1-2H3,(H,10,11). The molecule has 2 rings (SSSR count). The first-order valence-electron chi connectivity index (χ1n) is 4.35. The molecular formula is C9H14N2O. The maximum Gasteiger partial charge on any atom is 0.103 e. The van der Waals surface area contributed by atoms with Gasteiger partial charge in [-0.3, -0.25) is 5.10 Å². The zero-order valence-electron chi connectivity index (χ0n) is 7.46. The van der Waals surface area contributed by atoms with Crippen LogP contribution in [0.5, 0.6) is 0 Å². The monoisotopic (exact) mass is 166 g/mol. The molecule has 0 aliphatic heterocycles. The maximum absolute atomic E-state index is 9.62. The van der Waals surface area contributed by atoms with Crippen molar-refractivity contribution in [3.05, 3.63) is 17.5 Å². The fourth-order valence-electron chi connectivity index (χ4n) is 1.25. The van der Waals surface area contributed by atoms with Crippen LogP contribution in [-0.4, -0.2) is 15.3 Å². The normalized spacial score (nSPS) is 18.2. The van der Waals surface area contributed by atoms with Crippen LogP contribution in [0, 0.1) is 0 Å². The van der Waals surface area contributed by atoms with Gasteiger partial charge < -0.3 is 5.11 Å². The lowest BCUT2D eigenvalue weighted by atomic mass is 10.1. The number of aromatic nitrogens is 2. The smallest absolute Gasteiger partial charge is 0.103 e. The van der Waals surface area contributed by atoms with Crippen LogP contribution in [-0.2, 0) is 5.60 Å². The number of rotatable bonds is 2. The van der Waals surface area contributed by atoms with E-state index in [1.807, 2.05) is 6.07 Å². The summed E-state index contributed by atoms with van der Waals surface area (Å²) in [5.74, 6) is 0.675. The van der Waals surface area contributed by atoms with E-state index in [9.17, 15) is 5.11 Å². The number of H-pyrrole nitrogens is 1. The van der Waals surface area contributed by atoms with Gasteiger partial charge in [-0.2, -0.15) is 5.10 Å². The van der Waals surface area contributed by atoms with Crippen LogP contribution in [0.2, 0.25) is 0 Å². The van der Waals surface area contributed by atoms with Crippen molar-refractivity contribution in [3.8, 4) is 0 Å². The molecule has 0 radical (unpaired) electrons. The Kier molecular flexibility index (Phi) is 1.51. The number of nitrogens with zero attached hydrogens (tertiary/aromatic N) is 1. The minimum atomic E-state index is -0.816. The van der Waals surface area contributed by atoms with Gasteiger partial charge in [-0.1, -0.05) is 0 Å². The molecule has 66 valence electrons. The third-order valence-electron chi connectivity index (χ3n) is 2.24. The van der Waals surface area contributed by atoms with Gasteiger partial charge in [0.25, 0.3) is 0 Å². The summed E-state index contributed by atoms with van der Waals surface area (Å²) < 4.78 is 0. The summed E-state index contributed by atoms with van der Waals surface area (Å²) in [6.07, 6.45) is 2.51. The number of aromatic amines is 1. The van der Waals surface area contributed by atoms with Crippen LogP contribution in [0.15, 0.2) is 6.07 Å². The zero-order chi connectivity index (χ0) is 8.77. The summed E-state index contributed by atoms with van der Waals surface area (Å²) in [6.45, 7) is 3.50. The molecule has 1 aliphatic carbocycles. The summed E-state index contributed by atoms with van der Waals surface area (Å²) >= 11 is 0. The summed E-state index contributed by atoms with van der Waals surface area (Å²) in [5.41, 5.74) is 1.10. The average molecular weight is 166 g/mol. The predicted octanol–water partition coefficient (Wildman–Crippen LogP) is 1.51. The van der Waals surface area contributed by atoms with Crippen molar-refractivity contribution < 1.29 is 5.11 Å². The first-order chi connectivity index (χ1) is 5.57. The van der Waals surface area contributed by atoms with Crippen LogP contribution >= 0.6 is 0 Å². The summed E-state index contributed by atoms with van der Waals surface area (Å²) in [5, 5.41) is 16.7. The second-order valence-corrected chi connectivity index (χ2v) is 4.04. The van der Waals surface area contributed by atoms with Crippen LogP contribution in [0.4, 0.5) is 0 Å². The van der Waals surface area contributed by atoms with Gasteiger partial charge in [0.05, 0.1) is 5.69 Å². The van der Waals surface area contributed by atoms with Crippen molar-refractivity contribution in [1.82, 2.24) is 10.2 Å². The molecule has 2 N–H and O–H groups in total. The van der Waals surface area contributed by atoms with Gasteiger partial charge in [0, 0.05) is 11.6 Å². The number of hydrogen-bond acceptors (Lipinski definition) is 2. The van der Waals surface area contributed by atoms with E-state index in [4.69, 9.17) is 0 Å². The molecular weight excluding hydrogens is 152 g/mol. The predicted molar refractivity (Wildman–Crippen MR) is 45.8 cm³/mol. The molecule has 12 heavy (non-hydrogen) atoms. The highest BCUT2D eigenvalue weighted by Crippen LogP contribution is 2.39. The molecule has 3 heteroatoms. The van der Waals surface area contributed by atoms with Crippen molar-refractivity contribution in [3.63, 3.8) is 0 Å². The van der Waals surface area contributed by atoms with Gasteiger partial charge in [-0.15, -0.1) is 0 Å². The lowest BCUT2D eigenvalue weighted by molar-refractivity contribution is 0.0738. The highest BCUT2D eigenvalue weighted by atomic mass is 16.3. The first-order valence-corrected chi connectivity index (χ1v) is 4.35. The second-order valence-electron chi connectivity index (χ2n) is 4.04. The van der Waals surface area contributed by atoms with E-state index in [-0.39, 0.29) is 0 Å². The van der Waals surface area contributed by atoms with Gasteiger partial charge in [-0.25, -0.2) is 0 Å². The van der Waals surface area contributed by atoms with Crippen molar-refractivity contribution in [1.29, 1.82) is 0 Å². The van der Waals surface area contributed by atoms with Gasteiger partial charge >= 0.3 is 0 Å². The quantitative estimate of drug-likeness (QED) is 0.699. The molecule has 0 atom stereocenters.